The lowest BCUT2D eigenvalue weighted by molar-refractivity contribution is 0.101. The molecule has 1 rings (SSSR count). The van der Waals surface area contributed by atoms with Crippen LogP contribution in [0.15, 0.2) is 41.6 Å². The molecule has 0 aliphatic rings. The molecule has 0 unspecified atom stereocenters. The van der Waals surface area contributed by atoms with E-state index in [1.54, 1.807) is 14.0 Å². The fourth-order valence-corrected chi connectivity index (χ4v) is 3.17. The number of amidine groups is 1. The third-order valence-corrected chi connectivity index (χ3v) is 4.31. The van der Waals surface area contributed by atoms with Gasteiger partial charge in [0.2, 0.25) is 0 Å². The van der Waals surface area contributed by atoms with Gasteiger partial charge in [-0.3, -0.25) is 4.79 Å². The minimum Gasteiger partial charge on any atom is -0.385 e. The van der Waals surface area contributed by atoms with Crippen molar-refractivity contribution in [1.82, 2.24) is 4.98 Å². The van der Waals surface area contributed by atoms with Crippen molar-refractivity contribution in [1.29, 1.82) is 0 Å². The largest absolute Gasteiger partial charge is 0.385 e. The summed E-state index contributed by atoms with van der Waals surface area (Å²) in [7, 11) is 1.71. The Hall–Kier alpha value is -2.53. The number of aromatic nitrogens is 1. The molecule has 0 fully saturated rings. The Balaban J connectivity index is 3.37. The summed E-state index contributed by atoms with van der Waals surface area (Å²) in [5, 5.41) is 3.31. The number of rotatable bonds is 10. The van der Waals surface area contributed by atoms with Gasteiger partial charge in [-0.15, -0.1) is 0 Å². The van der Waals surface area contributed by atoms with Gasteiger partial charge >= 0.3 is 0 Å². The minimum atomic E-state index is -0.00109. The Morgan fingerprint density at radius 2 is 2.03 bits per heavy atom. The fourth-order valence-electron chi connectivity index (χ4n) is 3.17. The molecule has 0 aliphatic heterocycles. The molecular formula is C25H37N3O2. The second kappa shape index (κ2) is 12.2. The molecule has 164 valence electrons. The molecular weight excluding hydrogens is 374 g/mol. The van der Waals surface area contributed by atoms with Crippen molar-refractivity contribution in [3.63, 3.8) is 0 Å². The lowest BCUT2D eigenvalue weighted by Gasteiger charge is -2.21. The van der Waals surface area contributed by atoms with Crippen molar-refractivity contribution < 1.29 is 9.53 Å². The van der Waals surface area contributed by atoms with Crippen LogP contribution in [-0.2, 0) is 11.2 Å². The van der Waals surface area contributed by atoms with Crippen molar-refractivity contribution in [2.24, 2.45) is 10.4 Å². The topological polar surface area (TPSA) is 63.6 Å². The number of nitrogens with zero attached hydrogens (tertiary/aromatic N) is 2. The summed E-state index contributed by atoms with van der Waals surface area (Å²) < 4.78 is 5.13. The molecule has 30 heavy (non-hydrogen) atoms. The van der Waals surface area contributed by atoms with E-state index in [9.17, 15) is 4.79 Å². The summed E-state index contributed by atoms with van der Waals surface area (Å²) in [6.07, 6.45) is 9.96. The van der Waals surface area contributed by atoms with Crippen LogP contribution in [0.1, 0.15) is 76.0 Å². The summed E-state index contributed by atoms with van der Waals surface area (Å²) in [6.45, 7) is 16.5. The van der Waals surface area contributed by atoms with Gasteiger partial charge in [0.05, 0.1) is 5.69 Å². The SMILES string of the molecule is C=CN=C(/C=C(\C)CCCOC)Nc1cc(/C=C\C)c(C(C)=O)c(CC(C)(C)C)n1. The first-order valence-corrected chi connectivity index (χ1v) is 10.4. The van der Waals surface area contributed by atoms with E-state index in [4.69, 9.17) is 9.72 Å². The van der Waals surface area contributed by atoms with E-state index < -0.39 is 0 Å². The quantitative estimate of drug-likeness (QED) is 0.214. The highest BCUT2D eigenvalue weighted by Crippen LogP contribution is 2.27. The Bertz CT molecular complexity index is 828. The lowest BCUT2D eigenvalue weighted by Crippen LogP contribution is -2.18. The number of Topliss-reactive ketones (excluding diaryl/α,β-unsaturated/α-hetero) is 1. The van der Waals surface area contributed by atoms with Gasteiger partial charge < -0.3 is 10.1 Å². The van der Waals surface area contributed by atoms with E-state index >= 15 is 0 Å². The molecule has 0 aliphatic carbocycles. The van der Waals surface area contributed by atoms with Crippen molar-refractivity contribution in [3.8, 4) is 0 Å². The number of pyridine rings is 1. The number of aliphatic imine (C=N–C) groups is 1. The van der Waals surface area contributed by atoms with Crippen LogP contribution < -0.4 is 5.32 Å². The molecule has 0 spiro atoms. The van der Waals surface area contributed by atoms with Crippen LogP contribution >= 0.6 is 0 Å². The fraction of sp³-hybridized carbons (Fsp3) is 0.480. The zero-order chi connectivity index (χ0) is 22.7. The lowest BCUT2D eigenvalue weighted by atomic mass is 9.87. The monoisotopic (exact) mass is 411 g/mol. The molecule has 5 nitrogen and oxygen atoms in total. The second-order valence-corrected chi connectivity index (χ2v) is 8.62. The zero-order valence-electron chi connectivity index (χ0n) is 19.6. The van der Waals surface area contributed by atoms with Crippen molar-refractivity contribution in [3.05, 3.63) is 53.4 Å². The highest BCUT2D eigenvalue weighted by molar-refractivity contribution is 6.05. The minimum absolute atomic E-state index is 0.00109. The molecule has 1 heterocycles. The first-order valence-electron chi connectivity index (χ1n) is 10.4. The van der Waals surface area contributed by atoms with Crippen LogP contribution in [0.2, 0.25) is 0 Å². The molecule has 5 heteroatoms. The van der Waals surface area contributed by atoms with Crippen molar-refractivity contribution in [2.75, 3.05) is 19.0 Å². The second-order valence-electron chi connectivity index (χ2n) is 8.62. The summed E-state index contributed by atoms with van der Waals surface area (Å²) in [5.74, 6) is 1.35. The van der Waals surface area contributed by atoms with Gasteiger partial charge in [-0.2, -0.15) is 0 Å². The number of methoxy groups -OCH3 is 1. The molecule has 0 atom stereocenters. The molecule has 1 aromatic heterocycles. The molecule has 0 bridgehead atoms. The highest BCUT2D eigenvalue weighted by atomic mass is 16.5. The Kier molecular flexibility index (Phi) is 10.4. The molecule has 1 aromatic rings. The van der Waals surface area contributed by atoms with Gasteiger partial charge in [0.1, 0.15) is 11.7 Å². The molecule has 0 saturated heterocycles. The van der Waals surface area contributed by atoms with Gasteiger partial charge in [-0.05, 0) is 63.2 Å². The average molecular weight is 412 g/mol. The summed E-state index contributed by atoms with van der Waals surface area (Å²) in [5.41, 5.74) is 3.53. The van der Waals surface area contributed by atoms with Crippen LogP contribution in [0.5, 0.6) is 0 Å². The number of ether oxygens (including phenoxy) is 1. The predicted molar refractivity (Wildman–Crippen MR) is 128 cm³/mol. The molecule has 0 saturated carbocycles. The first-order chi connectivity index (χ1) is 14.1. The number of hydrogen-bond donors (Lipinski definition) is 1. The Morgan fingerprint density at radius 1 is 1.33 bits per heavy atom. The number of carbonyl (C=O) groups excluding carboxylic acids is 1. The third kappa shape index (κ3) is 8.87. The van der Waals surface area contributed by atoms with Crippen LogP contribution in [-0.4, -0.2) is 30.3 Å². The van der Waals surface area contributed by atoms with Crippen LogP contribution in [0.3, 0.4) is 0 Å². The van der Waals surface area contributed by atoms with Gasteiger partial charge in [-0.1, -0.05) is 45.1 Å². The number of anilines is 1. The van der Waals surface area contributed by atoms with Gasteiger partial charge in [-0.25, -0.2) is 9.98 Å². The Labute approximate surface area is 182 Å². The van der Waals surface area contributed by atoms with E-state index in [2.05, 4.69) is 44.6 Å². The molecule has 0 aromatic carbocycles. The van der Waals surface area contributed by atoms with Crippen molar-refractivity contribution in [2.45, 2.75) is 60.8 Å². The van der Waals surface area contributed by atoms with E-state index in [0.717, 1.165) is 30.7 Å². The number of ketones is 1. The first kappa shape index (κ1) is 25.5. The number of nitrogens with one attached hydrogen (secondary N) is 1. The Morgan fingerprint density at radius 3 is 2.57 bits per heavy atom. The van der Waals surface area contributed by atoms with Gasteiger partial charge in [0.15, 0.2) is 5.78 Å². The molecule has 1 N–H and O–H groups in total. The van der Waals surface area contributed by atoms with Crippen LogP contribution in [0.4, 0.5) is 5.82 Å². The van der Waals surface area contributed by atoms with Gasteiger partial charge in [0, 0.05) is 25.5 Å². The normalized spacial score (nSPS) is 13.0. The number of hydrogen-bond acceptors (Lipinski definition) is 4. The summed E-state index contributed by atoms with van der Waals surface area (Å²) >= 11 is 0. The number of allylic oxidation sites excluding steroid dienone is 2. The van der Waals surface area contributed by atoms with Crippen LogP contribution in [0.25, 0.3) is 6.08 Å². The number of carbonyl (C=O) groups is 1. The predicted octanol–water partition coefficient (Wildman–Crippen LogP) is 6.23. The van der Waals surface area contributed by atoms with Crippen LogP contribution in [0, 0.1) is 5.41 Å². The maximum Gasteiger partial charge on any atom is 0.162 e. The van der Waals surface area contributed by atoms with E-state index in [1.165, 1.54) is 11.8 Å². The summed E-state index contributed by atoms with van der Waals surface area (Å²) in [6, 6.07) is 1.90. The molecule has 0 radical (unpaired) electrons. The smallest absolute Gasteiger partial charge is 0.162 e. The van der Waals surface area contributed by atoms with Crippen molar-refractivity contribution >= 4 is 23.5 Å². The standard InChI is InChI=1S/C25H37N3O2/c1-9-12-20-16-23(27-21(17-25(5,6)7)24(20)19(4)29)28-22(26-10-2)15-18(3)13-11-14-30-8/h9-10,12,15-16H,2,11,13-14,17H2,1,3-8H3,(H,26,27,28)/b12-9-,18-15+. The van der Waals surface area contributed by atoms with E-state index in [0.29, 0.717) is 23.6 Å². The zero-order valence-corrected chi connectivity index (χ0v) is 19.6. The maximum absolute atomic E-state index is 12.4. The van der Waals surface area contributed by atoms with E-state index in [1.807, 2.05) is 31.2 Å². The highest BCUT2D eigenvalue weighted by Gasteiger charge is 2.21. The van der Waals surface area contributed by atoms with Gasteiger partial charge in [0.25, 0.3) is 0 Å². The van der Waals surface area contributed by atoms with E-state index in [-0.39, 0.29) is 11.2 Å². The third-order valence-electron chi connectivity index (χ3n) is 4.31. The molecule has 0 amide bonds. The average Bonchev–Trinajstić information content (AvgIpc) is 2.60. The maximum atomic E-state index is 12.4. The summed E-state index contributed by atoms with van der Waals surface area (Å²) in [4.78, 5) is 21.6.